The minimum Gasteiger partial charge on any atom is -0.385 e. The van der Waals surface area contributed by atoms with E-state index in [1.807, 2.05) is 12.3 Å². The fraction of sp³-hybridized carbons (Fsp3) is 0.357. The number of hydrogen-bond donors (Lipinski definition) is 1. The van der Waals surface area contributed by atoms with Gasteiger partial charge in [-0.2, -0.15) is 0 Å². The van der Waals surface area contributed by atoms with E-state index in [0.29, 0.717) is 0 Å². The molecule has 90 valence electrons. The van der Waals surface area contributed by atoms with Gasteiger partial charge < -0.3 is 10.1 Å². The highest BCUT2D eigenvalue weighted by atomic mass is 16.5. The van der Waals surface area contributed by atoms with Gasteiger partial charge in [0.1, 0.15) is 0 Å². The second kappa shape index (κ2) is 5.64. The second-order valence-electron chi connectivity index (χ2n) is 4.15. The van der Waals surface area contributed by atoms with Crippen molar-refractivity contribution in [3.8, 4) is 0 Å². The zero-order chi connectivity index (χ0) is 12.1. The third kappa shape index (κ3) is 2.94. The first-order chi connectivity index (χ1) is 8.31. The van der Waals surface area contributed by atoms with Crippen molar-refractivity contribution >= 4 is 16.6 Å². The number of fused-ring (bicyclic) bond motifs is 1. The molecule has 0 amide bonds. The van der Waals surface area contributed by atoms with Crippen LogP contribution in [-0.2, 0) is 4.74 Å². The number of ether oxygens (including phenoxy) is 1. The third-order valence-electron chi connectivity index (χ3n) is 2.74. The predicted octanol–water partition coefficient (Wildman–Crippen LogP) is 2.99. The minimum atomic E-state index is 0.787. The normalized spacial score (nSPS) is 10.7. The average molecular weight is 230 g/mol. The molecule has 0 saturated heterocycles. The molecule has 3 nitrogen and oxygen atoms in total. The molecule has 1 aromatic carbocycles. The van der Waals surface area contributed by atoms with Crippen LogP contribution >= 0.6 is 0 Å². The van der Waals surface area contributed by atoms with E-state index in [1.165, 1.54) is 10.9 Å². The number of anilines is 1. The summed E-state index contributed by atoms with van der Waals surface area (Å²) in [5.41, 5.74) is 3.44. The smallest absolute Gasteiger partial charge is 0.0722 e. The van der Waals surface area contributed by atoms with Gasteiger partial charge in [0.05, 0.1) is 5.52 Å². The molecule has 0 spiro atoms. The molecule has 0 fully saturated rings. The molecule has 1 heterocycles. The molecule has 2 rings (SSSR count). The van der Waals surface area contributed by atoms with Crippen LogP contribution in [0, 0.1) is 6.92 Å². The molecule has 2 aromatic rings. The van der Waals surface area contributed by atoms with E-state index in [0.717, 1.165) is 30.8 Å². The summed E-state index contributed by atoms with van der Waals surface area (Å²) in [5.74, 6) is 0. The van der Waals surface area contributed by atoms with Gasteiger partial charge in [-0.3, -0.25) is 4.98 Å². The lowest BCUT2D eigenvalue weighted by Crippen LogP contribution is -2.05. The van der Waals surface area contributed by atoms with Gasteiger partial charge in [-0.05, 0) is 31.5 Å². The highest BCUT2D eigenvalue weighted by Crippen LogP contribution is 2.22. The summed E-state index contributed by atoms with van der Waals surface area (Å²) in [4.78, 5) is 4.36. The Bertz CT molecular complexity index is 497. The monoisotopic (exact) mass is 230 g/mol. The number of nitrogens with one attached hydrogen (secondary N) is 1. The van der Waals surface area contributed by atoms with Crippen LogP contribution in [0.5, 0.6) is 0 Å². The summed E-state index contributed by atoms with van der Waals surface area (Å²) < 4.78 is 5.03. The van der Waals surface area contributed by atoms with E-state index in [1.54, 1.807) is 7.11 Å². The van der Waals surface area contributed by atoms with Crippen molar-refractivity contribution in [3.05, 3.63) is 36.0 Å². The third-order valence-corrected chi connectivity index (χ3v) is 2.74. The summed E-state index contributed by atoms with van der Waals surface area (Å²) in [7, 11) is 1.73. The van der Waals surface area contributed by atoms with Crippen LogP contribution in [-0.4, -0.2) is 25.2 Å². The van der Waals surface area contributed by atoms with Gasteiger partial charge in [-0.1, -0.05) is 11.6 Å². The summed E-state index contributed by atoms with van der Waals surface area (Å²) in [6, 6.07) is 8.34. The van der Waals surface area contributed by atoms with Crippen LogP contribution in [0.25, 0.3) is 10.9 Å². The lowest BCUT2D eigenvalue weighted by Gasteiger charge is -2.09. The van der Waals surface area contributed by atoms with Gasteiger partial charge in [-0.25, -0.2) is 0 Å². The Morgan fingerprint density at radius 1 is 1.29 bits per heavy atom. The van der Waals surface area contributed by atoms with E-state index >= 15 is 0 Å². The number of hydrogen-bond acceptors (Lipinski definition) is 3. The fourth-order valence-corrected chi connectivity index (χ4v) is 1.85. The maximum Gasteiger partial charge on any atom is 0.0722 e. The SMILES string of the molecule is COCCCNc1ccnc2ccc(C)cc12. The number of rotatable bonds is 5. The van der Waals surface area contributed by atoms with Gasteiger partial charge in [0, 0.05) is 37.5 Å². The molecule has 0 aliphatic carbocycles. The minimum absolute atomic E-state index is 0.787. The van der Waals surface area contributed by atoms with Crippen LogP contribution in [0.1, 0.15) is 12.0 Å². The van der Waals surface area contributed by atoms with Crippen LogP contribution in [0.4, 0.5) is 5.69 Å². The number of aryl methyl sites for hydroxylation is 1. The molecule has 3 heteroatoms. The van der Waals surface area contributed by atoms with E-state index < -0.39 is 0 Å². The Kier molecular flexibility index (Phi) is 3.94. The predicted molar refractivity (Wildman–Crippen MR) is 71.5 cm³/mol. The molecule has 0 unspecified atom stereocenters. The molecule has 0 saturated carbocycles. The number of benzene rings is 1. The standard InChI is InChI=1S/C14H18N2O/c1-11-4-5-13-12(10-11)14(6-8-16-13)15-7-3-9-17-2/h4-6,8,10H,3,7,9H2,1-2H3,(H,15,16). The zero-order valence-electron chi connectivity index (χ0n) is 10.4. The lowest BCUT2D eigenvalue weighted by molar-refractivity contribution is 0.198. The van der Waals surface area contributed by atoms with Crippen molar-refractivity contribution in [2.24, 2.45) is 0 Å². The first-order valence-electron chi connectivity index (χ1n) is 5.89. The maximum atomic E-state index is 5.03. The van der Waals surface area contributed by atoms with Crippen molar-refractivity contribution in [2.45, 2.75) is 13.3 Å². The largest absolute Gasteiger partial charge is 0.385 e. The Morgan fingerprint density at radius 3 is 3.00 bits per heavy atom. The molecule has 0 aliphatic rings. The highest BCUT2D eigenvalue weighted by Gasteiger charge is 2.01. The van der Waals surface area contributed by atoms with E-state index in [9.17, 15) is 0 Å². The Morgan fingerprint density at radius 2 is 2.18 bits per heavy atom. The molecule has 17 heavy (non-hydrogen) atoms. The van der Waals surface area contributed by atoms with Crippen LogP contribution in [0.15, 0.2) is 30.5 Å². The summed E-state index contributed by atoms with van der Waals surface area (Å²) >= 11 is 0. The van der Waals surface area contributed by atoms with Crippen LogP contribution in [0.2, 0.25) is 0 Å². The zero-order valence-corrected chi connectivity index (χ0v) is 10.4. The van der Waals surface area contributed by atoms with Crippen molar-refractivity contribution in [2.75, 3.05) is 25.6 Å². The average Bonchev–Trinajstić information content (AvgIpc) is 2.35. The van der Waals surface area contributed by atoms with Gasteiger partial charge in [-0.15, -0.1) is 0 Å². The molecule has 0 bridgehead atoms. The Labute approximate surface area is 102 Å². The molecule has 1 N–H and O–H groups in total. The molecular formula is C14H18N2O. The number of aromatic nitrogens is 1. The number of methoxy groups -OCH3 is 1. The van der Waals surface area contributed by atoms with Gasteiger partial charge in [0.15, 0.2) is 0 Å². The molecular weight excluding hydrogens is 212 g/mol. The summed E-state index contributed by atoms with van der Waals surface area (Å²) in [6.45, 7) is 3.80. The fourth-order valence-electron chi connectivity index (χ4n) is 1.85. The van der Waals surface area contributed by atoms with Crippen molar-refractivity contribution in [1.82, 2.24) is 4.98 Å². The van der Waals surface area contributed by atoms with Gasteiger partial charge in [0.2, 0.25) is 0 Å². The van der Waals surface area contributed by atoms with E-state index in [-0.39, 0.29) is 0 Å². The highest BCUT2D eigenvalue weighted by molar-refractivity contribution is 5.91. The Balaban J connectivity index is 2.18. The molecule has 0 radical (unpaired) electrons. The summed E-state index contributed by atoms with van der Waals surface area (Å²) in [5, 5.41) is 4.61. The molecule has 1 aromatic heterocycles. The second-order valence-corrected chi connectivity index (χ2v) is 4.15. The van der Waals surface area contributed by atoms with E-state index in [2.05, 4.69) is 35.4 Å². The summed E-state index contributed by atoms with van der Waals surface area (Å²) in [6.07, 6.45) is 2.85. The Hall–Kier alpha value is -1.61. The van der Waals surface area contributed by atoms with Crippen molar-refractivity contribution in [1.29, 1.82) is 0 Å². The van der Waals surface area contributed by atoms with Gasteiger partial charge in [0.25, 0.3) is 0 Å². The molecule has 0 atom stereocenters. The molecule has 0 aliphatic heterocycles. The number of pyridine rings is 1. The van der Waals surface area contributed by atoms with Crippen molar-refractivity contribution in [3.63, 3.8) is 0 Å². The number of nitrogens with zero attached hydrogens (tertiary/aromatic N) is 1. The quantitative estimate of drug-likeness (QED) is 0.802. The van der Waals surface area contributed by atoms with Crippen LogP contribution < -0.4 is 5.32 Å². The maximum absolute atomic E-state index is 5.03. The topological polar surface area (TPSA) is 34.1 Å². The first kappa shape index (κ1) is 11.9. The van der Waals surface area contributed by atoms with Crippen molar-refractivity contribution < 1.29 is 4.74 Å². The van der Waals surface area contributed by atoms with E-state index in [4.69, 9.17) is 4.74 Å². The lowest BCUT2D eigenvalue weighted by atomic mass is 10.1. The first-order valence-corrected chi connectivity index (χ1v) is 5.89. The van der Waals surface area contributed by atoms with Crippen LogP contribution in [0.3, 0.4) is 0 Å². The van der Waals surface area contributed by atoms with Gasteiger partial charge >= 0.3 is 0 Å².